The molecule has 0 aromatic heterocycles. The number of fused-ring (bicyclic) bond motifs is 3. The van der Waals surface area contributed by atoms with Gasteiger partial charge < -0.3 is 30.3 Å². The monoisotopic (exact) mass is 732 g/mol. The summed E-state index contributed by atoms with van der Waals surface area (Å²) in [5, 5.41) is 7.92. The van der Waals surface area contributed by atoms with Crippen molar-refractivity contribution in [3.05, 3.63) is 95.1 Å². The van der Waals surface area contributed by atoms with Gasteiger partial charge >= 0.3 is 12.1 Å². The number of carbonyl (C=O) groups is 5. The second-order valence-electron chi connectivity index (χ2n) is 14.1. The van der Waals surface area contributed by atoms with Gasteiger partial charge in [-0.1, -0.05) is 82.3 Å². The number of nitrogens with zero attached hydrogens (tertiary/aromatic N) is 1. The van der Waals surface area contributed by atoms with Crippen LogP contribution in [0.25, 0.3) is 11.1 Å². The number of hydrogen-bond acceptors (Lipinski definition) is 7. The van der Waals surface area contributed by atoms with Crippen LogP contribution in [0.15, 0.2) is 66.7 Å². The van der Waals surface area contributed by atoms with E-state index in [1.165, 1.54) is 18.1 Å². The summed E-state index contributed by atoms with van der Waals surface area (Å²) in [5.41, 5.74) is 3.60. The Bertz CT molecular complexity index is 1790. The number of benzene rings is 3. The highest BCUT2D eigenvalue weighted by atomic mass is 19.1. The number of halogens is 2. The first-order chi connectivity index (χ1) is 25.3. The average Bonchev–Trinajstić information content (AvgIpc) is 3.75. The van der Waals surface area contributed by atoms with E-state index in [2.05, 4.69) is 16.0 Å². The van der Waals surface area contributed by atoms with Crippen LogP contribution in [0.5, 0.6) is 0 Å². The molecule has 0 saturated carbocycles. The maximum atomic E-state index is 14.9. The molecule has 1 saturated heterocycles. The molecule has 5 rings (SSSR count). The van der Waals surface area contributed by atoms with Gasteiger partial charge in [-0.15, -0.1) is 0 Å². The lowest BCUT2D eigenvalue weighted by atomic mass is 9.98. The van der Waals surface area contributed by atoms with Crippen molar-refractivity contribution in [1.82, 2.24) is 20.9 Å². The van der Waals surface area contributed by atoms with Gasteiger partial charge in [0.25, 0.3) is 0 Å². The number of amides is 4. The second kappa shape index (κ2) is 17.0. The summed E-state index contributed by atoms with van der Waals surface area (Å²) >= 11 is 0. The maximum absolute atomic E-state index is 14.9. The number of nitrogens with one attached hydrogen (secondary N) is 3. The summed E-state index contributed by atoms with van der Waals surface area (Å²) in [6.45, 7) is 7.00. The topological polar surface area (TPSA) is 143 Å². The maximum Gasteiger partial charge on any atom is 0.407 e. The summed E-state index contributed by atoms with van der Waals surface area (Å²) in [4.78, 5) is 68.2. The number of carbonyl (C=O) groups excluding carboxylic acids is 5. The summed E-state index contributed by atoms with van der Waals surface area (Å²) in [6, 6.07) is 14.3. The fourth-order valence-corrected chi connectivity index (χ4v) is 7.07. The molecule has 1 heterocycles. The van der Waals surface area contributed by atoms with E-state index >= 15 is 0 Å². The third-order valence-corrected chi connectivity index (χ3v) is 9.91. The molecule has 3 aromatic rings. The highest BCUT2D eigenvalue weighted by Crippen LogP contribution is 2.44. The zero-order chi connectivity index (χ0) is 38.4. The first kappa shape index (κ1) is 38.9. The molecular weight excluding hydrogens is 686 g/mol. The summed E-state index contributed by atoms with van der Waals surface area (Å²) < 4.78 is 40.3. The molecule has 0 radical (unpaired) electrons. The van der Waals surface area contributed by atoms with Crippen LogP contribution in [0.4, 0.5) is 13.6 Å². The summed E-state index contributed by atoms with van der Waals surface area (Å²) in [7, 11) is 1.22. The Morgan fingerprint density at radius 1 is 0.792 bits per heavy atom. The first-order valence-electron chi connectivity index (χ1n) is 17.9. The van der Waals surface area contributed by atoms with E-state index in [1.54, 1.807) is 27.7 Å². The molecule has 4 amide bonds. The van der Waals surface area contributed by atoms with Crippen LogP contribution in [0.2, 0.25) is 0 Å². The van der Waals surface area contributed by atoms with Crippen LogP contribution < -0.4 is 16.0 Å². The van der Waals surface area contributed by atoms with Crippen LogP contribution in [0.1, 0.15) is 63.1 Å². The quantitative estimate of drug-likeness (QED) is 0.213. The number of methoxy groups -OCH3 is 1. The number of hydrogen-bond donors (Lipinski definition) is 3. The fourth-order valence-electron chi connectivity index (χ4n) is 7.07. The highest BCUT2D eigenvalue weighted by molar-refractivity contribution is 5.95. The van der Waals surface area contributed by atoms with Gasteiger partial charge in [-0.3, -0.25) is 14.4 Å². The minimum absolute atomic E-state index is 0.0596. The van der Waals surface area contributed by atoms with Gasteiger partial charge in [-0.2, -0.15) is 0 Å². The van der Waals surface area contributed by atoms with Crippen LogP contribution in [-0.4, -0.2) is 79.1 Å². The molecule has 1 aliphatic carbocycles. The van der Waals surface area contributed by atoms with Crippen molar-refractivity contribution < 1.29 is 42.2 Å². The first-order valence-corrected chi connectivity index (χ1v) is 17.9. The fraction of sp³-hybridized carbons (Fsp3) is 0.425. The molecule has 3 aromatic carbocycles. The minimum atomic E-state index is -1.50. The lowest BCUT2D eigenvalue weighted by Crippen LogP contribution is -2.59. The van der Waals surface area contributed by atoms with Crippen LogP contribution >= 0.6 is 0 Å². The van der Waals surface area contributed by atoms with E-state index in [-0.39, 0.29) is 31.4 Å². The van der Waals surface area contributed by atoms with E-state index in [9.17, 15) is 32.8 Å². The van der Waals surface area contributed by atoms with Crippen LogP contribution in [0.3, 0.4) is 0 Å². The molecule has 3 N–H and O–H groups in total. The minimum Gasteiger partial charge on any atom is -0.467 e. The van der Waals surface area contributed by atoms with E-state index in [4.69, 9.17) is 9.47 Å². The normalized spacial score (nSPS) is 16.7. The molecule has 0 spiro atoms. The van der Waals surface area contributed by atoms with Crippen molar-refractivity contribution in [2.45, 2.75) is 77.0 Å². The van der Waals surface area contributed by atoms with Crippen molar-refractivity contribution in [1.29, 1.82) is 0 Å². The predicted octanol–water partition coefficient (Wildman–Crippen LogP) is 4.86. The van der Waals surface area contributed by atoms with Gasteiger partial charge in [0.2, 0.25) is 17.7 Å². The smallest absolute Gasteiger partial charge is 0.407 e. The third kappa shape index (κ3) is 8.66. The SMILES string of the molecule is COC(=O)[C@@H](NC(=O)[C@@H](NC(=O)[C@@H]1CCCN1C(=O)[C@H](Cc1c(F)cccc1F)NC(=O)OCC1c2ccccc2-c2ccccc21)C(C)C)C(C)C. The summed E-state index contributed by atoms with van der Waals surface area (Å²) in [5.74, 6) is -5.35. The van der Waals surface area contributed by atoms with Gasteiger partial charge in [0, 0.05) is 24.4 Å². The molecule has 1 fully saturated rings. The lowest BCUT2D eigenvalue weighted by molar-refractivity contribution is -0.147. The zero-order valence-electron chi connectivity index (χ0n) is 30.5. The molecular formula is C40H46F2N4O7. The van der Waals surface area contributed by atoms with Crippen LogP contribution in [-0.2, 0) is 35.1 Å². The largest absolute Gasteiger partial charge is 0.467 e. The number of likely N-dealkylation sites (tertiary alicyclic amines) is 1. The third-order valence-electron chi connectivity index (χ3n) is 9.91. The van der Waals surface area contributed by atoms with Crippen molar-refractivity contribution in [3.63, 3.8) is 0 Å². The molecule has 11 nitrogen and oxygen atoms in total. The standard InChI is InChI=1S/C40H46F2N4O7/c1-22(2)34(37(48)45-35(23(3)4)39(50)52-5)44-36(47)33-18-11-19-46(33)38(49)32(20-28-30(41)16-10-17-31(28)42)43-40(51)53-21-29-26-14-8-6-12-24(26)25-13-7-9-15-27(25)29/h6-10,12-17,22-23,29,32-35H,11,18-21H2,1-5H3,(H,43,51)(H,44,47)(H,45,48)/t32-,33-,34-,35-/m0/s1. The molecule has 1 aliphatic heterocycles. The van der Waals surface area contributed by atoms with Gasteiger partial charge in [0.05, 0.1) is 7.11 Å². The van der Waals surface area contributed by atoms with Gasteiger partial charge in [-0.25, -0.2) is 18.4 Å². The van der Waals surface area contributed by atoms with E-state index in [1.807, 2.05) is 48.5 Å². The Kier molecular flexibility index (Phi) is 12.5. The Morgan fingerprint density at radius 2 is 1.38 bits per heavy atom. The van der Waals surface area contributed by atoms with E-state index in [0.29, 0.717) is 6.42 Å². The molecule has 53 heavy (non-hydrogen) atoms. The molecule has 0 unspecified atom stereocenters. The lowest BCUT2D eigenvalue weighted by Gasteiger charge is -2.31. The van der Waals surface area contributed by atoms with Crippen molar-refractivity contribution >= 4 is 29.8 Å². The summed E-state index contributed by atoms with van der Waals surface area (Å²) in [6.07, 6.45) is -0.852. The Hall–Kier alpha value is -5.33. The number of esters is 1. The molecule has 0 bridgehead atoms. The van der Waals surface area contributed by atoms with Crippen LogP contribution in [0, 0.1) is 23.5 Å². The molecule has 282 valence electrons. The molecule has 2 aliphatic rings. The van der Waals surface area contributed by atoms with E-state index in [0.717, 1.165) is 34.4 Å². The van der Waals surface area contributed by atoms with Crippen molar-refractivity contribution in [2.24, 2.45) is 11.8 Å². The number of alkyl carbamates (subject to hydrolysis) is 1. The Balaban J connectivity index is 1.33. The predicted molar refractivity (Wildman–Crippen MR) is 192 cm³/mol. The number of ether oxygens (including phenoxy) is 2. The second-order valence-corrected chi connectivity index (χ2v) is 14.1. The number of rotatable bonds is 13. The van der Waals surface area contributed by atoms with Crippen molar-refractivity contribution in [3.8, 4) is 11.1 Å². The zero-order valence-corrected chi connectivity index (χ0v) is 30.5. The Labute approximate surface area is 307 Å². The molecule has 13 heteroatoms. The van der Waals surface area contributed by atoms with Gasteiger partial charge in [0.1, 0.15) is 42.4 Å². The van der Waals surface area contributed by atoms with E-state index < -0.39 is 83.5 Å². The van der Waals surface area contributed by atoms with Gasteiger partial charge in [0.15, 0.2) is 0 Å². The Morgan fingerprint density at radius 3 is 1.94 bits per heavy atom. The molecule has 4 atom stereocenters. The highest BCUT2D eigenvalue weighted by Gasteiger charge is 2.41. The van der Waals surface area contributed by atoms with Gasteiger partial charge in [-0.05, 0) is 59.1 Å². The average molecular weight is 733 g/mol. The van der Waals surface area contributed by atoms with Crippen molar-refractivity contribution in [2.75, 3.05) is 20.3 Å².